The predicted octanol–water partition coefficient (Wildman–Crippen LogP) is 3.64. The van der Waals surface area contributed by atoms with E-state index in [0.717, 1.165) is 11.1 Å². The number of rotatable bonds is 2. The molecule has 0 fully saturated rings. The SMILES string of the molecule is [B]C(C)Cc1cc(C(C)(C)C)ccc1F. The molecule has 80 valence electrons. The normalized spacial score (nSPS) is 13.9. The van der Waals surface area contributed by atoms with E-state index in [-0.39, 0.29) is 17.0 Å². The Labute approximate surface area is 93.3 Å². The van der Waals surface area contributed by atoms with Crippen molar-refractivity contribution in [2.24, 2.45) is 0 Å². The van der Waals surface area contributed by atoms with Crippen molar-refractivity contribution in [3.8, 4) is 0 Å². The highest BCUT2D eigenvalue weighted by Gasteiger charge is 2.15. The van der Waals surface area contributed by atoms with Gasteiger partial charge in [-0.15, -0.1) is 0 Å². The van der Waals surface area contributed by atoms with Crippen LogP contribution in [0.2, 0.25) is 5.82 Å². The number of hydrogen-bond donors (Lipinski definition) is 0. The molecule has 2 radical (unpaired) electrons. The van der Waals surface area contributed by atoms with Crippen LogP contribution in [0.1, 0.15) is 38.8 Å². The fraction of sp³-hybridized carbons (Fsp3) is 0.538. The topological polar surface area (TPSA) is 0 Å². The van der Waals surface area contributed by atoms with Crippen LogP contribution >= 0.6 is 0 Å². The molecule has 1 rings (SSSR count). The Morgan fingerprint density at radius 1 is 1.33 bits per heavy atom. The summed E-state index contributed by atoms with van der Waals surface area (Å²) in [5.41, 5.74) is 1.93. The van der Waals surface area contributed by atoms with E-state index in [0.29, 0.717) is 6.42 Å². The summed E-state index contributed by atoms with van der Waals surface area (Å²) >= 11 is 0. The average molecular weight is 204 g/mol. The standard InChI is InChI=1S/C13H18BF/c1-9(14)7-10-8-11(13(2,3)4)5-6-12(10)15/h5-6,8-9H,7H2,1-4H3. The highest BCUT2D eigenvalue weighted by Crippen LogP contribution is 2.25. The van der Waals surface area contributed by atoms with E-state index in [1.165, 1.54) is 6.07 Å². The molecule has 1 aromatic carbocycles. The molecular weight excluding hydrogens is 186 g/mol. The van der Waals surface area contributed by atoms with Gasteiger partial charge in [-0.1, -0.05) is 45.6 Å². The van der Waals surface area contributed by atoms with Crippen molar-refractivity contribution < 1.29 is 4.39 Å². The quantitative estimate of drug-likeness (QED) is 0.645. The van der Waals surface area contributed by atoms with Gasteiger partial charge in [0.05, 0.1) is 7.85 Å². The molecule has 0 aliphatic heterocycles. The van der Waals surface area contributed by atoms with Crippen LogP contribution in [-0.4, -0.2) is 7.85 Å². The smallest absolute Gasteiger partial charge is 0.126 e. The predicted molar refractivity (Wildman–Crippen MR) is 64.0 cm³/mol. The van der Waals surface area contributed by atoms with Gasteiger partial charge in [0.15, 0.2) is 0 Å². The Kier molecular flexibility index (Phi) is 3.59. The average Bonchev–Trinajstić information content (AvgIpc) is 2.06. The van der Waals surface area contributed by atoms with Crippen LogP contribution in [0.5, 0.6) is 0 Å². The zero-order valence-corrected chi connectivity index (χ0v) is 9.97. The van der Waals surface area contributed by atoms with Crippen molar-refractivity contribution in [3.05, 3.63) is 35.1 Å². The van der Waals surface area contributed by atoms with Gasteiger partial charge in [0.1, 0.15) is 5.82 Å². The molecule has 0 aromatic heterocycles. The molecule has 2 heteroatoms. The lowest BCUT2D eigenvalue weighted by atomic mass is 9.81. The minimum atomic E-state index is -0.152. The molecule has 1 atom stereocenters. The highest BCUT2D eigenvalue weighted by atomic mass is 19.1. The van der Waals surface area contributed by atoms with Crippen molar-refractivity contribution in [3.63, 3.8) is 0 Å². The third kappa shape index (κ3) is 3.37. The van der Waals surface area contributed by atoms with Crippen LogP contribution in [0, 0.1) is 5.82 Å². The fourth-order valence-corrected chi connectivity index (χ4v) is 1.54. The molecule has 0 aliphatic carbocycles. The van der Waals surface area contributed by atoms with Gasteiger partial charge in [0.2, 0.25) is 0 Å². The van der Waals surface area contributed by atoms with Gasteiger partial charge in [-0.3, -0.25) is 0 Å². The number of hydrogen-bond acceptors (Lipinski definition) is 0. The molecule has 15 heavy (non-hydrogen) atoms. The molecule has 0 N–H and O–H groups in total. The monoisotopic (exact) mass is 204 g/mol. The van der Waals surface area contributed by atoms with Crippen LogP contribution in [0.25, 0.3) is 0 Å². The molecule has 0 amide bonds. The highest BCUT2D eigenvalue weighted by molar-refractivity contribution is 6.11. The molecule has 0 spiro atoms. The first kappa shape index (κ1) is 12.3. The van der Waals surface area contributed by atoms with Crippen LogP contribution in [0.3, 0.4) is 0 Å². The van der Waals surface area contributed by atoms with Crippen molar-refractivity contribution in [1.29, 1.82) is 0 Å². The van der Waals surface area contributed by atoms with Crippen molar-refractivity contribution >= 4 is 7.85 Å². The van der Waals surface area contributed by atoms with Gasteiger partial charge in [-0.05, 0) is 29.0 Å². The maximum absolute atomic E-state index is 13.5. The molecule has 0 aliphatic rings. The second-order valence-corrected chi connectivity index (χ2v) is 5.24. The first-order valence-electron chi connectivity index (χ1n) is 5.35. The number of halogens is 1. The van der Waals surface area contributed by atoms with Crippen molar-refractivity contribution in [1.82, 2.24) is 0 Å². The lowest BCUT2D eigenvalue weighted by Gasteiger charge is -2.20. The van der Waals surface area contributed by atoms with E-state index >= 15 is 0 Å². The molecule has 0 saturated heterocycles. The van der Waals surface area contributed by atoms with Gasteiger partial charge in [-0.2, -0.15) is 0 Å². The molecule has 0 heterocycles. The minimum absolute atomic E-state index is 0.00489. The minimum Gasteiger partial charge on any atom is -0.207 e. The summed E-state index contributed by atoms with van der Waals surface area (Å²) in [5.74, 6) is -0.157. The summed E-state index contributed by atoms with van der Waals surface area (Å²) in [6, 6.07) is 5.32. The van der Waals surface area contributed by atoms with Crippen LogP contribution in [0.4, 0.5) is 4.39 Å². The third-order valence-corrected chi connectivity index (χ3v) is 2.45. The molecule has 0 nitrogen and oxygen atoms in total. The zero-order chi connectivity index (χ0) is 11.6. The van der Waals surface area contributed by atoms with Crippen molar-refractivity contribution in [2.75, 3.05) is 0 Å². The van der Waals surface area contributed by atoms with E-state index in [9.17, 15) is 4.39 Å². The van der Waals surface area contributed by atoms with Gasteiger partial charge >= 0.3 is 0 Å². The second-order valence-electron chi connectivity index (χ2n) is 5.24. The number of benzene rings is 1. The van der Waals surface area contributed by atoms with Crippen molar-refractivity contribution in [2.45, 2.75) is 45.3 Å². The first-order valence-corrected chi connectivity index (χ1v) is 5.35. The first-order chi connectivity index (χ1) is 6.80. The summed E-state index contributed by atoms with van der Waals surface area (Å²) in [7, 11) is 5.69. The van der Waals surface area contributed by atoms with Gasteiger partial charge < -0.3 is 0 Å². The van der Waals surface area contributed by atoms with E-state index in [4.69, 9.17) is 7.85 Å². The summed E-state index contributed by atoms with van der Waals surface area (Å²) in [5, 5.41) is 0. The summed E-state index contributed by atoms with van der Waals surface area (Å²) < 4.78 is 13.5. The lowest BCUT2D eigenvalue weighted by molar-refractivity contribution is 0.575. The third-order valence-electron chi connectivity index (χ3n) is 2.45. The van der Waals surface area contributed by atoms with Gasteiger partial charge in [0, 0.05) is 0 Å². The fourth-order valence-electron chi connectivity index (χ4n) is 1.54. The Bertz CT molecular complexity index is 337. The van der Waals surface area contributed by atoms with Crippen LogP contribution < -0.4 is 0 Å². The zero-order valence-electron chi connectivity index (χ0n) is 9.97. The molecular formula is C13H18BF. The largest absolute Gasteiger partial charge is 0.207 e. The maximum atomic E-state index is 13.5. The van der Waals surface area contributed by atoms with Crippen LogP contribution in [0.15, 0.2) is 18.2 Å². The molecule has 1 aromatic rings. The van der Waals surface area contributed by atoms with E-state index in [2.05, 4.69) is 20.8 Å². The Balaban J connectivity index is 3.06. The molecule has 0 bridgehead atoms. The second kappa shape index (κ2) is 4.38. The summed E-state index contributed by atoms with van der Waals surface area (Å²) in [6.45, 7) is 8.25. The van der Waals surface area contributed by atoms with E-state index in [1.807, 2.05) is 19.1 Å². The van der Waals surface area contributed by atoms with Gasteiger partial charge in [-0.25, -0.2) is 4.39 Å². The molecule has 0 saturated carbocycles. The lowest BCUT2D eigenvalue weighted by Crippen LogP contribution is -2.12. The Hall–Kier alpha value is -0.785. The summed E-state index contributed by atoms with van der Waals surface area (Å²) in [6.07, 6.45) is 0.593. The van der Waals surface area contributed by atoms with E-state index < -0.39 is 0 Å². The van der Waals surface area contributed by atoms with Crippen LogP contribution in [-0.2, 0) is 11.8 Å². The summed E-state index contributed by atoms with van der Waals surface area (Å²) in [4.78, 5) is 0. The van der Waals surface area contributed by atoms with E-state index in [1.54, 1.807) is 0 Å². The Morgan fingerprint density at radius 2 is 1.93 bits per heavy atom. The Morgan fingerprint density at radius 3 is 2.40 bits per heavy atom. The molecule has 1 unspecified atom stereocenters. The van der Waals surface area contributed by atoms with Gasteiger partial charge in [0.25, 0.3) is 0 Å². The maximum Gasteiger partial charge on any atom is 0.126 e.